The summed E-state index contributed by atoms with van der Waals surface area (Å²) in [6, 6.07) is 7.07. The second-order valence-corrected chi connectivity index (χ2v) is 8.69. The molecular weight excluding hydrogens is 366 g/mol. The summed E-state index contributed by atoms with van der Waals surface area (Å²) >= 11 is 0. The van der Waals surface area contributed by atoms with Gasteiger partial charge in [-0.15, -0.1) is 0 Å². The van der Waals surface area contributed by atoms with Gasteiger partial charge in [0.2, 0.25) is 5.91 Å². The lowest BCUT2D eigenvalue weighted by molar-refractivity contribution is -0.116. The third-order valence-corrected chi connectivity index (χ3v) is 5.95. The molecule has 0 bridgehead atoms. The second-order valence-electron chi connectivity index (χ2n) is 8.69. The monoisotopic (exact) mass is 401 g/mol. The van der Waals surface area contributed by atoms with E-state index in [4.69, 9.17) is 4.74 Å². The molecule has 1 amide bonds. The van der Waals surface area contributed by atoms with Crippen LogP contribution < -0.4 is 5.32 Å². The van der Waals surface area contributed by atoms with E-state index < -0.39 is 0 Å². The van der Waals surface area contributed by atoms with Gasteiger partial charge in [0.05, 0.1) is 12.2 Å². The predicted octanol–water partition coefficient (Wildman–Crippen LogP) is 3.04. The van der Waals surface area contributed by atoms with Crippen LogP contribution in [0.2, 0.25) is 0 Å². The number of benzene rings is 1. The minimum Gasteiger partial charge on any atom is -0.373 e. The van der Waals surface area contributed by atoms with E-state index in [0.717, 1.165) is 44.3 Å². The maximum atomic E-state index is 12.2. The van der Waals surface area contributed by atoms with Crippen LogP contribution in [0.3, 0.4) is 0 Å². The topological polar surface area (TPSA) is 61.9 Å². The number of ether oxygens (including phenoxy) is 1. The smallest absolute Gasteiger partial charge is 0.225 e. The third-order valence-electron chi connectivity index (χ3n) is 5.95. The Morgan fingerprint density at radius 1 is 1.03 bits per heavy atom. The van der Waals surface area contributed by atoms with E-state index in [1.54, 1.807) is 31.2 Å². The summed E-state index contributed by atoms with van der Waals surface area (Å²) in [5.74, 6) is 0.806. The first-order chi connectivity index (χ1) is 13.9. The zero-order valence-corrected chi connectivity index (χ0v) is 18.0. The third kappa shape index (κ3) is 6.91. The van der Waals surface area contributed by atoms with Crippen LogP contribution in [0.15, 0.2) is 24.3 Å². The largest absolute Gasteiger partial charge is 0.373 e. The Morgan fingerprint density at radius 2 is 1.66 bits per heavy atom. The molecule has 2 atom stereocenters. The fourth-order valence-corrected chi connectivity index (χ4v) is 4.46. The summed E-state index contributed by atoms with van der Waals surface area (Å²) < 4.78 is 5.83. The van der Waals surface area contributed by atoms with Gasteiger partial charge in [0.15, 0.2) is 5.78 Å². The molecule has 2 heterocycles. The Bertz CT molecular complexity index is 673. The number of Topliss-reactive ketones (excluding diaryl/α,β-unsaturated/α-hetero) is 1. The van der Waals surface area contributed by atoms with Gasteiger partial charge in [0.25, 0.3) is 0 Å². The maximum Gasteiger partial charge on any atom is 0.225 e. The van der Waals surface area contributed by atoms with Crippen molar-refractivity contribution in [2.45, 2.75) is 52.2 Å². The number of anilines is 1. The van der Waals surface area contributed by atoms with E-state index in [9.17, 15) is 9.59 Å². The number of ketones is 1. The Kier molecular flexibility index (Phi) is 7.81. The highest BCUT2D eigenvalue weighted by molar-refractivity contribution is 5.95. The summed E-state index contributed by atoms with van der Waals surface area (Å²) in [5, 5.41) is 2.92. The standard InChI is InChI=1S/C23H35N3O3/c1-17-14-26(15-18(2)29-17)16-20-8-11-25(12-9-20)13-10-23(28)24-22-6-4-21(5-7-22)19(3)27/h4-7,17-18,20H,8-16H2,1-3H3,(H,24,28). The number of hydrogen-bond acceptors (Lipinski definition) is 5. The molecule has 0 saturated carbocycles. The first-order valence-electron chi connectivity index (χ1n) is 10.9. The number of nitrogens with one attached hydrogen (secondary N) is 1. The first kappa shape index (κ1) is 21.9. The molecule has 0 spiro atoms. The van der Waals surface area contributed by atoms with Crippen LogP contribution >= 0.6 is 0 Å². The van der Waals surface area contributed by atoms with E-state index in [1.165, 1.54) is 19.4 Å². The van der Waals surface area contributed by atoms with E-state index in [2.05, 4.69) is 29.0 Å². The molecule has 0 aromatic heterocycles. The molecule has 3 rings (SSSR count). The Balaban J connectivity index is 1.34. The van der Waals surface area contributed by atoms with Crippen LogP contribution in [0.25, 0.3) is 0 Å². The molecule has 29 heavy (non-hydrogen) atoms. The number of amides is 1. The minimum atomic E-state index is 0.0268. The molecular formula is C23H35N3O3. The van der Waals surface area contributed by atoms with Crippen molar-refractivity contribution >= 4 is 17.4 Å². The van der Waals surface area contributed by atoms with Crippen molar-refractivity contribution < 1.29 is 14.3 Å². The summed E-state index contributed by atoms with van der Waals surface area (Å²) in [6.45, 7) is 12.1. The minimum absolute atomic E-state index is 0.0268. The van der Waals surface area contributed by atoms with Crippen LogP contribution in [0.5, 0.6) is 0 Å². The second kappa shape index (κ2) is 10.3. The van der Waals surface area contributed by atoms with Gasteiger partial charge in [-0.25, -0.2) is 0 Å². The highest BCUT2D eigenvalue weighted by atomic mass is 16.5. The number of hydrogen-bond donors (Lipinski definition) is 1. The number of carbonyl (C=O) groups excluding carboxylic acids is 2. The summed E-state index contributed by atoms with van der Waals surface area (Å²) in [7, 11) is 0. The zero-order valence-electron chi connectivity index (χ0n) is 18.0. The Morgan fingerprint density at radius 3 is 2.24 bits per heavy atom. The van der Waals surface area contributed by atoms with E-state index in [-0.39, 0.29) is 11.7 Å². The molecule has 2 unspecified atom stereocenters. The SMILES string of the molecule is CC(=O)c1ccc(NC(=O)CCN2CCC(CN3CC(C)OC(C)C3)CC2)cc1. The van der Waals surface area contributed by atoms with Crippen LogP contribution in [-0.2, 0) is 9.53 Å². The maximum absolute atomic E-state index is 12.2. The van der Waals surface area contributed by atoms with Crippen LogP contribution in [0.1, 0.15) is 50.4 Å². The molecule has 6 nitrogen and oxygen atoms in total. The number of piperidine rings is 1. The van der Waals surface area contributed by atoms with Crippen molar-refractivity contribution in [3.8, 4) is 0 Å². The number of nitrogens with zero attached hydrogens (tertiary/aromatic N) is 2. The van der Waals surface area contributed by atoms with Crippen molar-refractivity contribution in [3.63, 3.8) is 0 Å². The van der Waals surface area contributed by atoms with Gasteiger partial charge < -0.3 is 15.0 Å². The normalized spacial score (nSPS) is 24.4. The van der Waals surface area contributed by atoms with Crippen LogP contribution in [0, 0.1) is 5.92 Å². The number of carbonyl (C=O) groups is 2. The molecule has 6 heteroatoms. The van der Waals surface area contributed by atoms with Crippen LogP contribution in [-0.4, -0.2) is 73.0 Å². The first-order valence-corrected chi connectivity index (χ1v) is 10.9. The van der Waals surface area contributed by atoms with E-state index >= 15 is 0 Å². The van der Waals surface area contributed by atoms with Crippen LogP contribution in [0.4, 0.5) is 5.69 Å². The lowest BCUT2D eigenvalue weighted by atomic mass is 9.95. The highest BCUT2D eigenvalue weighted by Crippen LogP contribution is 2.21. The fourth-order valence-electron chi connectivity index (χ4n) is 4.46. The Hall–Kier alpha value is -1.76. The van der Waals surface area contributed by atoms with E-state index in [0.29, 0.717) is 24.2 Å². The van der Waals surface area contributed by atoms with Gasteiger partial charge in [0, 0.05) is 43.9 Å². The number of likely N-dealkylation sites (tertiary alicyclic amines) is 1. The van der Waals surface area contributed by atoms with Crippen molar-refractivity contribution in [2.75, 3.05) is 44.6 Å². The predicted molar refractivity (Wildman–Crippen MR) is 115 cm³/mol. The Labute approximate surface area is 174 Å². The molecule has 0 radical (unpaired) electrons. The van der Waals surface area contributed by atoms with Crippen molar-refractivity contribution in [1.29, 1.82) is 0 Å². The molecule has 2 fully saturated rings. The molecule has 160 valence electrons. The lowest BCUT2D eigenvalue weighted by Gasteiger charge is -2.39. The molecule has 2 aliphatic heterocycles. The zero-order chi connectivity index (χ0) is 20.8. The highest BCUT2D eigenvalue weighted by Gasteiger charge is 2.26. The van der Waals surface area contributed by atoms with Gasteiger partial charge in [-0.3, -0.25) is 14.5 Å². The van der Waals surface area contributed by atoms with Gasteiger partial charge in [-0.05, 0) is 76.9 Å². The number of rotatable bonds is 7. The summed E-state index contributed by atoms with van der Waals surface area (Å²) in [4.78, 5) is 28.5. The average molecular weight is 402 g/mol. The van der Waals surface area contributed by atoms with Gasteiger partial charge in [-0.2, -0.15) is 0 Å². The summed E-state index contributed by atoms with van der Waals surface area (Å²) in [6.07, 6.45) is 3.56. The van der Waals surface area contributed by atoms with Crippen molar-refractivity contribution in [3.05, 3.63) is 29.8 Å². The van der Waals surface area contributed by atoms with Gasteiger partial charge in [0.1, 0.15) is 0 Å². The van der Waals surface area contributed by atoms with E-state index in [1.807, 2.05) is 0 Å². The molecule has 1 N–H and O–H groups in total. The molecule has 2 aliphatic rings. The quantitative estimate of drug-likeness (QED) is 0.712. The lowest BCUT2D eigenvalue weighted by Crippen LogP contribution is -2.48. The molecule has 2 saturated heterocycles. The van der Waals surface area contributed by atoms with Gasteiger partial charge >= 0.3 is 0 Å². The molecule has 0 aliphatic carbocycles. The van der Waals surface area contributed by atoms with Crippen molar-refractivity contribution in [1.82, 2.24) is 9.80 Å². The van der Waals surface area contributed by atoms with Crippen molar-refractivity contribution in [2.24, 2.45) is 5.92 Å². The molecule has 1 aromatic carbocycles. The average Bonchev–Trinajstić information content (AvgIpc) is 2.67. The number of morpholine rings is 1. The summed E-state index contributed by atoms with van der Waals surface area (Å²) in [5.41, 5.74) is 1.40. The molecule has 1 aromatic rings. The van der Waals surface area contributed by atoms with Gasteiger partial charge in [-0.1, -0.05) is 0 Å². The fraction of sp³-hybridized carbons (Fsp3) is 0.652.